The molecule has 1 atom stereocenters. The highest BCUT2D eigenvalue weighted by Gasteiger charge is 2.19. The van der Waals surface area contributed by atoms with Crippen LogP contribution in [0.2, 0.25) is 5.15 Å². The largest absolute Gasteiger partial charge is 0.370 e. The number of ether oxygens (including phenoxy) is 1. The first kappa shape index (κ1) is 12.9. The number of nitrogens with zero attached hydrogens (tertiary/aromatic N) is 2. The van der Waals surface area contributed by atoms with Crippen LogP contribution in [0.4, 0.5) is 0 Å². The van der Waals surface area contributed by atoms with Gasteiger partial charge in [-0.3, -0.25) is 0 Å². The molecule has 0 saturated carbocycles. The minimum absolute atomic E-state index is 0.0967. The second kappa shape index (κ2) is 5.77. The maximum atomic E-state index is 5.91. The minimum atomic E-state index is -0.0967. The van der Waals surface area contributed by atoms with Gasteiger partial charge in [-0.2, -0.15) is 0 Å². The Labute approximate surface area is 103 Å². The van der Waals surface area contributed by atoms with E-state index < -0.39 is 0 Å². The van der Waals surface area contributed by atoms with Gasteiger partial charge >= 0.3 is 0 Å². The SMILES string of the molecule is CCOC(c1ncc(Br)c(Cl)n1)C(C)C. The Kier molecular flexibility index (Phi) is 4.96. The summed E-state index contributed by atoms with van der Waals surface area (Å²) in [6.45, 7) is 6.73. The zero-order valence-electron chi connectivity index (χ0n) is 9.00. The molecular weight excluding hydrogens is 279 g/mol. The molecule has 0 fully saturated rings. The van der Waals surface area contributed by atoms with Crippen LogP contribution < -0.4 is 0 Å². The Balaban J connectivity index is 2.95. The minimum Gasteiger partial charge on any atom is -0.370 e. The fourth-order valence-electron chi connectivity index (χ4n) is 1.24. The van der Waals surface area contributed by atoms with Crippen molar-refractivity contribution in [3.63, 3.8) is 0 Å². The lowest BCUT2D eigenvalue weighted by Crippen LogP contribution is -2.14. The molecule has 1 rings (SSSR count). The Hall–Kier alpha value is -0.190. The molecule has 0 aromatic carbocycles. The fraction of sp³-hybridized carbons (Fsp3) is 0.600. The van der Waals surface area contributed by atoms with E-state index in [2.05, 4.69) is 39.7 Å². The molecule has 5 heteroatoms. The third-order valence-corrected chi connectivity index (χ3v) is 3.02. The molecule has 15 heavy (non-hydrogen) atoms. The van der Waals surface area contributed by atoms with Crippen LogP contribution in [0.5, 0.6) is 0 Å². The standard InChI is InChI=1S/C10H14BrClN2O/c1-4-15-8(6(2)3)10-13-5-7(11)9(12)14-10/h5-6,8H,4H2,1-3H3. The van der Waals surface area contributed by atoms with Gasteiger partial charge in [-0.15, -0.1) is 0 Å². The molecule has 0 spiro atoms. The summed E-state index contributed by atoms with van der Waals surface area (Å²) in [7, 11) is 0. The maximum Gasteiger partial charge on any atom is 0.159 e. The lowest BCUT2D eigenvalue weighted by Gasteiger charge is -2.19. The van der Waals surface area contributed by atoms with Crippen molar-refractivity contribution >= 4 is 27.5 Å². The van der Waals surface area contributed by atoms with Gasteiger partial charge < -0.3 is 4.74 Å². The lowest BCUT2D eigenvalue weighted by molar-refractivity contribution is 0.0232. The van der Waals surface area contributed by atoms with Gasteiger partial charge in [-0.25, -0.2) is 9.97 Å². The molecule has 3 nitrogen and oxygen atoms in total. The van der Waals surface area contributed by atoms with Crippen LogP contribution in [-0.2, 0) is 4.74 Å². The molecule has 0 bridgehead atoms. The summed E-state index contributed by atoms with van der Waals surface area (Å²) in [6.07, 6.45) is 1.56. The topological polar surface area (TPSA) is 35.0 Å². The average molecular weight is 294 g/mol. The molecule has 1 heterocycles. The first-order chi connectivity index (χ1) is 7.06. The van der Waals surface area contributed by atoms with E-state index in [1.54, 1.807) is 6.20 Å². The van der Waals surface area contributed by atoms with Crippen molar-refractivity contribution in [2.24, 2.45) is 5.92 Å². The third-order valence-electron chi connectivity index (χ3n) is 1.93. The van der Waals surface area contributed by atoms with E-state index in [9.17, 15) is 0 Å². The highest BCUT2D eigenvalue weighted by Crippen LogP contribution is 2.26. The summed E-state index contributed by atoms with van der Waals surface area (Å²) in [4.78, 5) is 8.41. The number of hydrogen-bond acceptors (Lipinski definition) is 3. The number of rotatable bonds is 4. The van der Waals surface area contributed by atoms with Crippen LogP contribution in [0.15, 0.2) is 10.7 Å². The van der Waals surface area contributed by atoms with Gasteiger partial charge in [0.1, 0.15) is 11.3 Å². The van der Waals surface area contributed by atoms with Crippen LogP contribution in [-0.4, -0.2) is 16.6 Å². The van der Waals surface area contributed by atoms with Crippen LogP contribution in [0.1, 0.15) is 32.7 Å². The quantitative estimate of drug-likeness (QED) is 0.795. The lowest BCUT2D eigenvalue weighted by atomic mass is 10.1. The Morgan fingerprint density at radius 3 is 2.67 bits per heavy atom. The van der Waals surface area contributed by atoms with Crippen LogP contribution in [0.3, 0.4) is 0 Å². The molecule has 0 aliphatic carbocycles. The molecule has 0 amide bonds. The zero-order chi connectivity index (χ0) is 11.4. The first-order valence-corrected chi connectivity index (χ1v) is 6.02. The molecule has 1 aromatic heterocycles. The summed E-state index contributed by atoms with van der Waals surface area (Å²) in [5.41, 5.74) is 0. The summed E-state index contributed by atoms with van der Waals surface area (Å²) >= 11 is 9.17. The smallest absolute Gasteiger partial charge is 0.159 e. The van der Waals surface area contributed by atoms with E-state index in [0.717, 1.165) is 0 Å². The monoisotopic (exact) mass is 292 g/mol. The van der Waals surface area contributed by atoms with Crippen molar-refractivity contribution in [2.75, 3.05) is 6.61 Å². The maximum absolute atomic E-state index is 5.91. The van der Waals surface area contributed by atoms with Crippen molar-refractivity contribution in [3.05, 3.63) is 21.6 Å². The van der Waals surface area contributed by atoms with Crippen molar-refractivity contribution in [1.29, 1.82) is 0 Å². The van der Waals surface area contributed by atoms with Gasteiger partial charge in [0.05, 0.1) is 4.47 Å². The van der Waals surface area contributed by atoms with Crippen LogP contribution in [0.25, 0.3) is 0 Å². The zero-order valence-corrected chi connectivity index (χ0v) is 11.3. The van der Waals surface area contributed by atoms with E-state index in [0.29, 0.717) is 28.0 Å². The van der Waals surface area contributed by atoms with Gasteiger partial charge in [-0.1, -0.05) is 25.4 Å². The number of aromatic nitrogens is 2. The van der Waals surface area contributed by atoms with Crippen molar-refractivity contribution in [1.82, 2.24) is 9.97 Å². The van der Waals surface area contributed by atoms with Gasteiger partial charge in [-0.05, 0) is 28.8 Å². The van der Waals surface area contributed by atoms with E-state index in [-0.39, 0.29) is 6.10 Å². The van der Waals surface area contributed by atoms with Crippen molar-refractivity contribution < 1.29 is 4.74 Å². The van der Waals surface area contributed by atoms with E-state index in [1.807, 2.05) is 6.92 Å². The molecular formula is C10H14BrClN2O. The summed E-state index contributed by atoms with van der Waals surface area (Å²) in [6, 6.07) is 0. The molecule has 1 aromatic rings. The summed E-state index contributed by atoms with van der Waals surface area (Å²) in [5, 5.41) is 0.422. The molecule has 0 saturated heterocycles. The Morgan fingerprint density at radius 2 is 2.20 bits per heavy atom. The molecule has 84 valence electrons. The highest BCUT2D eigenvalue weighted by atomic mass is 79.9. The number of hydrogen-bond donors (Lipinski definition) is 0. The fourth-order valence-corrected chi connectivity index (χ4v) is 1.57. The van der Waals surface area contributed by atoms with Crippen molar-refractivity contribution in [3.8, 4) is 0 Å². The van der Waals surface area contributed by atoms with Crippen LogP contribution >= 0.6 is 27.5 Å². The van der Waals surface area contributed by atoms with E-state index in [1.165, 1.54) is 0 Å². The van der Waals surface area contributed by atoms with E-state index >= 15 is 0 Å². The third kappa shape index (κ3) is 3.40. The Morgan fingerprint density at radius 1 is 1.53 bits per heavy atom. The Bertz CT molecular complexity index is 333. The number of halogens is 2. The second-order valence-corrected chi connectivity index (χ2v) is 4.70. The first-order valence-electron chi connectivity index (χ1n) is 4.85. The molecule has 0 N–H and O–H groups in total. The molecule has 0 aliphatic heterocycles. The second-order valence-electron chi connectivity index (χ2n) is 3.49. The van der Waals surface area contributed by atoms with Crippen LogP contribution in [0, 0.1) is 5.92 Å². The van der Waals surface area contributed by atoms with Crippen molar-refractivity contribution in [2.45, 2.75) is 26.9 Å². The van der Waals surface area contributed by atoms with Gasteiger partial charge in [0.25, 0.3) is 0 Å². The van der Waals surface area contributed by atoms with Gasteiger partial charge in [0.2, 0.25) is 0 Å². The highest BCUT2D eigenvalue weighted by molar-refractivity contribution is 9.10. The average Bonchev–Trinajstić information content (AvgIpc) is 2.18. The molecule has 1 unspecified atom stereocenters. The molecule has 0 aliphatic rings. The molecule has 0 radical (unpaired) electrons. The summed E-state index contributed by atoms with van der Waals surface area (Å²) < 4.78 is 6.29. The summed E-state index contributed by atoms with van der Waals surface area (Å²) in [5.74, 6) is 0.960. The normalized spacial score (nSPS) is 13.2. The van der Waals surface area contributed by atoms with Gasteiger partial charge in [0.15, 0.2) is 5.82 Å². The van der Waals surface area contributed by atoms with Gasteiger partial charge in [0, 0.05) is 12.8 Å². The van der Waals surface area contributed by atoms with E-state index in [4.69, 9.17) is 16.3 Å². The predicted molar refractivity (Wildman–Crippen MR) is 63.9 cm³/mol. The predicted octanol–water partition coefficient (Wildman–Crippen LogP) is 3.63.